The molecule has 0 aliphatic carbocycles. The van der Waals surface area contributed by atoms with E-state index in [4.69, 9.17) is 47.6 Å². The molecule has 2 atom stereocenters. The summed E-state index contributed by atoms with van der Waals surface area (Å²) >= 11 is 13.4. The molecule has 0 saturated carbocycles. The lowest BCUT2D eigenvalue weighted by molar-refractivity contribution is -0.140. The van der Waals surface area contributed by atoms with Crippen molar-refractivity contribution in [2.75, 3.05) is 19.7 Å². The molecular weight excluding hydrogens is 809 g/mol. The number of halogens is 2. The lowest BCUT2D eigenvalue weighted by Gasteiger charge is -2.18. The number of nitriles is 1. The highest BCUT2D eigenvalue weighted by molar-refractivity contribution is 6.32. The van der Waals surface area contributed by atoms with Gasteiger partial charge in [0, 0.05) is 25.4 Å². The van der Waals surface area contributed by atoms with Gasteiger partial charge in [-0.1, -0.05) is 65.7 Å². The van der Waals surface area contributed by atoms with E-state index >= 15 is 0 Å². The Hall–Kier alpha value is -5.68. The molecule has 5 aromatic rings. The molecule has 0 spiro atoms. The zero-order valence-electron chi connectivity index (χ0n) is 33.3. The van der Waals surface area contributed by atoms with E-state index in [0.29, 0.717) is 57.9 Å². The summed E-state index contributed by atoms with van der Waals surface area (Å²) in [6, 6.07) is 26.6. The molecular formula is C46H47Cl2N3O9. The number of hydrogen-bond acceptors (Lipinski definition) is 10. The van der Waals surface area contributed by atoms with E-state index in [1.165, 1.54) is 0 Å². The Bertz CT molecular complexity index is 2330. The van der Waals surface area contributed by atoms with Crippen molar-refractivity contribution in [3.8, 4) is 45.6 Å². The Morgan fingerprint density at radius 1 is 0.767 bits per heavy atom. The van der Waals surface area contributed by atoms with Gasteiger partial charge in [0.25, 0.3) is 0 Å². The molecule has 0 saturated heterocycles. The van der Waals surface area contributed by atoms with Gasteiger partial charge in [0.15, 0.2) is 0 Å². The highest BCUT2D eigenvalue weighted by atomic mass is 35.5. The summed E-state index contributed by atoms with van der Waals surface area (Å²) in [4.78, 5) is 26.1. The highest BCUT2D eigenvalue weighted by Gasteiger charge is 2.17. The first-order valence-electron chi connectivity index (χ1n) is 19.4. The van der Waals surface area contributed by atoms with Crippen molar-refractivity contribution in [1.82, 2.24) is 10.3 Å². The van der Waals surface area contributed by atoms with Gasteiger partial charge in [-0.05, 0) is 108 Å². The van der Waals surface area contributed by atoms with Gasteiger partial charge in [-0.3, -0.25) is 14.6 Å². The van der Waals surface area contributed by atoms with Crippen LogP contribution in [0.15, 0.2) is 85.1 Å². The summed E-state index contributed by atoms with van der Waals surface area (Å²) in [7, 11) is 0. The van der Waals surface area contributed by atoms with Gasteiger partial charge in [0.05, 0.1) is 52.4 Å². The number of nitrogens with zero attached hydrogens (tertiary/aromatic N) is 2. The number of carbonyl (C=O) groups is 2. The molecule has 12 nitrogen and oxygen atoms in total. The Labute approximate surface area is 358 Å². The average Bonchev–Trinajstić information content (AvgIpc) is 3.20. The number of aliphatic hydroxyl groups excluding tert-OH is 2. The molecule has 0 amide bonds. The van der Waals surface area contributed by atoms with Gasteiger partial charge < -0.3 is 40.0 Å². The number of benzene rings is 4. The van der Waals surface area contributed by atoms with Crippen LogP contribution in [0.4, 0.5) is 0 Å². The second-order valence-corrected chi connectivity index (χ2v) is 15.1. The Morgan fingerprint density at radius 2 is 1.45 bits per heavy atom. The number of aliphatic hydroxyl groups is 2. The molecule has 5 rings (SSSR count). The minimum Gasteiger partial charge on any atom is -0.491 e. The fourth-order valence-corrected chi connectivity index (χ4v) is 7.19. The maximum Gasteiger partial charge on any atom is 0.306 e. The SMILES string of the molecule is Cc1c(COc2cc(OCc3cc(C#N)ccn3)c(CCC[C@@H](O)CC(=O)O)cc2Cl)cccc1-c1cccc(-c2ccc(OCCNC[C@@H](O)CC(=O)O)c(Cl)c2)c1C. The fraction of sp³-hybridized carbons (Fsp3) is 0.304. The number of aryl methyl sites for hydroxylation is 1. The third kappa shape index (κ3) is 12.9. The first-order chi connectivity index (χ1) is 28.8. The maximum absolute atomic E-state index is 11.0. The van der Waals surface area contributed by atoms with Crippen LogP contribution in [0.2, 0.25) is 10.0 Å². The zero-order valence-corrected chi connectivity index (χ0v) is 34.8. The standard InChI is InChI=1S/C46H47Cl2N3O9/c1-28-33(26-59-44-23-43(60-27-34-18-30(24-49)14-15-51-34)32(20-41(44)48)6-3-8-35(52)21-45(54)55)7-4-10-38(28)39-11-5-9-37(29(39)2)31-12-13-42(40(47)19-31)58-17-16-50-25-36(53)22-46(56)57/h4-5,7,9-15,18-20,23,35-36,50,52-53H,3,6,8,16-17,21-22,25-27H2,1-2H3,(H,54,55)(H,56,57)/t35-,36+/m1/s1. The van der Waals surface area contributed by atoms with E-state index in [-0.39, 0.29) is 45.6 Å². The Morgan fingerprint density at radius 3 is 2.18 bits per heavy atom. The summed E-state index contributed by atoms with van der Waals surface area (Å²) < 4.78 is 18.4. The van der Waals surface area contributed by atoms with Crippen LogP contribution in [0.5, 0.6) is 17.2 Å². The van der Waals surface area contributed by atoms with E-state index in [1.54, 1.807) is 30.5 Å². The van der Waals surface area contributed by atoms with Gasteiger partial charge in [-0.2, -0.15) is 5.26 Å². The lowest BCUT2D eigenvalue weighted by atomic mass is 9.89. The number of hydrogen-bond donors (Lipinski definition) is 5. The minimum atomic E-state index is -1.06. The van der Waals surface area contributed by atoms with Crippen molar-refractivity contribution < 1.29 is 44.2 Å². The van der Waals surface area contributed by atoms with Gasteiger partial charge in [0.1, 0.15) is 37.1 Å². The molecule has 1 heterocycles. The van der Waals surface area contributed by atoms with Crippen LogP contribution in [-0.4, -0.2) is 69.3 Å². The van der Waals surface area contributed by atoms with Crippen LogP contribution >= 0.6 is 23.2 Å². The van der Waals surface area contributed by atoms with Gasteiger partial charge >= 0.3 is 11.9 Å². The molecule has 0 unspecified atom stereocenters. The first-order valence-corrected chi connectivity index (χ1v) is 20.1. The Balaban J connectivity index is 1.30. The number of pyridine rings is 1. The summed E-state index contributed by atoms with van der Waals surface area (Å²) in [5, 5.41) is 50.7. The monoisotopic (exact) mass is 855 g/mol. The molecule has 314 valence electrons. The maximum atomic E-state index is 11.0. The van der Waals surface area contributed by atoms with E-state index in [1.807, 2.05) is 49.4 Å². The molecule has 4 aromatic carbocycles. The first kappa shape index (κ1) is 45.4. The van der Waals surface area contributed by atoms with Crippen LogP contribution in [0, 0.1) is 25.2 Å². The van der Waals surface area contributed by atoms with Crippen molar-refractivity contribution in [2.45, 2.75) is 71.4 Å². The lowest BCUT2D eigenvalue weighted by Crippen LogP contribution is -2.31. The predicted molar refractivity (Wildman–Crippen MR) is 229 cm³/mol. The minimum absolute atomic E-state index is 0.0813. The van der Waals surface area contributed by atoms with Gasteiger partial charge in [0.2, 0.25) is 0 Å². The van der Waals surface area contributed by atoms with Crippen molar-refractivity contribution in [3.63, 3.8) is 0 Å². The molecule has 60 heavy (non-hydrogen) atoms. The third-order valence-corrected chi connectivity index (χ3v) is 10.4. The molecule has 0 aliphatic heterocycles. The molecule has 0 bridgehead atoms. The second-order valence-electron chi connectivity index (χ2n) is 14.3. The quantitative estimate of drug-likeness (QED) is 0.0419. The van der Waals surface area contributed by atoms with Crippen molar-refractivity contribution in [2.24, 2.45) is 0 Å². The molecule has 14 heteroatoms. The third-order valence-electron chi connectivity index (χ3n) is 9.85. The summed E-state index contributed by atoms with van der Waals surface area (Å²) in [5.41, 5.74) is 8.79. The van der Waals surface area contributed by atoms with Crippen LogP contribution in [0.1, 0.15) is 59.2 Å². The predicted octanol–water partition coefficient (Wildman–Crippen LogP) is 8.33. The normalized spacial score (nSPS) is 12.0. The summed E-state index contributed by atoms with van der Waals surface area (Å²) in [5.74, 6) is -0.723. The van der Waals surface area contributed by atoms with E-state index in [2.05, 4.69) is 35.4 Å². The average molecular weight is 857 g/mol. The molecule has 0 aliphatic rings. The van der Waals surface area contributed by atoms with Crippen LogP contribution in [0.25, 0.3) is 22.3 Å². The van der Waals surface area contributed by atoms with E-state index < -0.39 is 24.1 Å². The topological polar surface area (TPSA) is 191 Å². The van der Waals surface area contributed by atoms with Crippen molar-refractivity contribution in [1.29, 1.82) is 5.26 Å². The second kappa shape index (κ2) is 22.1. The number of carboxylic acids is 2. The summed E-state index contributed by atoms with van der Waals surface area (Å²) in [6.07, 6.45) is 0.167. The number of nitrogens with one attached hydrogen (secondary N) is 1. The number of carboxylic acid groups (broad SMARTS) is 2. The van der Waals surface area contributed by atoms with Gasteiger partial charge in [-0.15, -0.1) is 0 Å². The molecule has 0 fully saturated rings. The fourth-order valence-electron chi connectivity index (χ4n) is 6.71. The molecule has 1 aromatic heterocycles. The van der Waals surface area contributed by atoms with Crippen LogP contribution in [-0.2, 0) is 29.2 Å². The number of aliphatic carboxylic acids is 2. The molecule has 5 N–H and O–H groups in total. The van der Waals surface area contributed by atoms with Crippen LogP contribution in [0.3, 0.4) is 0 Å². The zero-order chi connectivity index (χ0) is 43.2. The smallest absolute Gasteiger partial charge is 0.306 e. The van der Waals surface area contributed by atoms with Crippen molar-refractivity contribution >= 4 is 35.1 Å². The molecule has 0 radical (unpaired) electrons. The van der Waals surface area contributed by atoms with Crippen LogP contribution < -0.4 is 19.5 Å². The largest absolute Gasteiger partial charge is 0.491 e. The number of ether oxygens (including phenoxy) is 3. The summed E-state index contributed by atoms with van der Waals surface area (Å²) in [6.45, 7) is 5.22. The number of rotatable bonds is 22. The number of aromatic nitrogens is 1. The van der Waals surface area contributed by atoms with E-state index in [9.17, 15) is 25.1 Å². The highest BCUT2D eigenvalue weighted by Crippen LogP contribution is 2.38. The van der Waals surface area contributed by atoms with Crippen molar-refractivity contribution in [3.05, 3.63) is 129 Å². The van der Waals surface area contributed by atoms with E-state index in [0.717, 1.165) is 44.5 Å². The Kier molecular flexibility index (Phi) is 16.7. The van der Waals surface area contributed by atoms with Gasteiger partial charge in [-0.25, -0.2) is 0 Å².